The van der Waals surface area contributed by atoms with Gasteiger partial charge < -0.3 is 10.2 Å². The van der Waals surface area contributed by atoms with Crippen molar-refractivity contribution in [2.75, 3.05) is 13.1 Å². The number of hydrogen-bond acceptors (Lipinski definition) is 1. The van der Waals surface area contributed by atoms with Crippen molar-refractivity contribution in [3.05, 3.63) is 23.9 Å². The van der Waals surface area contributed by atoms with E-state index in [-0.39, 0.29) is 6.03 Å². The summed E-state index contributed by atoms with van der Waals surface area (Å²) in [4.78, 5) is 13.4. The van der Waals surface area contributed by atoms with Crippen molar-refractivity contribution in [3.63, 3.8) is 0 Å². The number of nitrogens with zero attached hydrogens (tertiary/aromatic N) is 1. The third-order valence-electron chi connectivity index (χ3n) is 2.30. The average molecular weight is 194 g/mol. The van der Waals surface area contributed by atoms with Crippen LogP contribution in [0.4, 0.5) is 4.79 Å². The molecule has 14 heavy (non-hydrogen) atoms. The van der Waals surface area contributed by atoms with Crippen LogP contribution in [0.1, 0.15) is 26.7 Å². The molecule has 1 aliphatic rings. The van der Waals surface area contributed by atoms with Gasteiger partial charge in [-0.1, -0.05) is 12.2 Å². The lowest BCUT2D eigenvalue weighted by Crippen LogP contribution is -2.39. The highest BCUT2D eigenvalue weighted by Gasteiger charge is 2.09. The highest BCUT2D eigenvalue weighted by atomic mass is 16.2. The van der Waals surface area contributed by atoms with Crippen LogP contribution >= 0.6 is 0 Å². The third kappa shape index (κ3) is 2.91. The minimum atomic E-state index is -0.00667. The number of urea groups is 1. The molecule has 0 saturated heterocycles. The molecule has 0 saturated carbocycles. The first-order valence-corrected chi connectivity index (χ1v) is 5.20. The zero-order chi connectivity index (χ0) is 10.4. The highest BCUT2D eigenvalue weighted by Crippen LogP contribution is 2.07. The van der Waals surface area contributed by atoms with Crippen molar-refractivity contribution in [2.24, 2.45) is 0 Å². The van der Waals surface area contributed by atoms with Gasteiger partial charge in [0.15, 0.2) is 0 Å². The van der Waals surface area contributed by atoms with E-state index in [2.05, 4.69) is 17.5 Å². The molecule has 0 spiro atoms. The molecular formula is C11H18N2O. The Morgan fingerprint density at radius 2 is 2.14 bits per heavy atom. The van der Waals surface area contributed by atoms with Gasteiger partial charge in [0, 0.05) is 18.8 Å². The molecule has 0 aliphatic heterocycles. The fraction of sp³-hybridized carbons (Fsp3) is 0.545. The minimum Gasteiger partial charge on any atom is -0.325 e. The molecule has 2 amide bonds. The van der Waals surface area contributed by atoms with Gasteiger partial charge in [0.2, 0.25) is 0 Å². The van der Waals surface area contributed by atoms with Crippen LogP contribution in [-0.2, 0) is 0 Å². The largest absolute Gasteiger partial charge is 0.325 e. The van der Waals surface area contributed by atoms with Crippen LogP contribution in [0.2, 0.25) is 0 Å². The van der Waals surface area contributed by atoms with Gasteiger partial charge in [-0.15, -0.1) is 0 Å². The summed E-state index contributed by atoms with van der Waals surface area (Å²) in [6, 6.07) is -0.00667. The van der Waals surface area contributed by atoms with Crippen LogP contribution in [0.3, 0.4) is 0 Å². The molecule has 3 heteroatoms. The first-order valence-electron chi connectivity index (χ1n) is 5.20. The van der Waals surface area contributed by atoms with E-state index in [0.29, 0.717) is 0 Å². The van der Waals surface area contributed by atoms with Gasteiger partial charge >= 0.3 is 6.03 Å². The quantitative estimate of drug-likeness (QED) is 0.734. The van der Waals surface area contributed by atoms with E-state index < -0.39 is 0 Å². The zero-order valence-corrected chi connectivity index (χ0v) is 8.92. The number of hydrogen-bond donors (Lipinski definition) is 1. The Morgan fingerprint density at radius 1 is 1.43 bits per heavy atom. The molecule has 0 atom stereocenters. The molecule has 1 aliphatic carbocycles. The molecule has 0 unspecified atom stereocenters. The predicted octanol–water partition coefficient (Wildman–Crippen LogP) is 2.27. The minimum absolute atomic E-state index is 0.00667. The first-order chi connectivity index (χ1) is 6.77. The molecule has 0 bridgehead atoms. The molecule has 0 fully saturated rings. The van der Waals surface area contributed by atoms with Crippen LogP contribution in [0.15, 0.2) is 23.9 Å². The van der Waals surface area contributed by atoms with Crippen molar-refractivity contribution < 1.29 is 4.79 Å². The van der Waals surface area contributed by atoms with E-state index in [0.717, 1.165) is 31.6 Å². The Labute approximate surface area is 85.5 Å². The molecule has 78 valence electrons. The van der Waals surface area contributed by atoms with Crippen LogP contribution in [0.25, 0.3) is 0 Å². The highest BCUT2D eigenvalue weighted by molar-refractivity contribution is 5.76. The molecule has 0 radical (unpaired) electrons. The van der Waals surface area contributed by atoms with Crippen LogP contribution in [0, 0.1) is 0 Å². The number of nitrogens with one attached hydrogen (secondary N) is 1. The van der Waals surface area contributed by atoms with Crippen molar-refractivity contribution in [3.8, 4) is 0 Å². The normalized spacial score (nSPS) is 14.9. The standard InChI is InChI=1S/C11H18N2O/c1-3-13(4-2)11(14)12-10-8-6-5-7-9-10/h6,8-9H,3-5,7H2,1-2H3,(H,12,14). The smallest absolute Gasteiger partial charge is 0.321 e. The van der Waals surface area contributed by atoms with Gasteiger partial charge in [0.25, 0.3) is 0 Å². The Bertz CT molecular complexity index is 252. The van der Waals surface area contributed by atoms with Gasteiger partial charge in [-0.2, -0.15) is 0 Å². The van der Waals surface area contributed by atoms with E-state index in [4.69, 9.17) is 0 Å². The third-order valence-corrected chi connectivity index (χ3v) is 2.30. The summed E-state index contributed by atoms with van der Waals surface area (Å²) in [5, 5.41) is 2.88. The summed E-state index contributed by atoms with van der Waals surface area (Å²) >= 11 is 0. The van der Waals surface area contributed by atoms with Gasteiger partial charge in [0.05, 0.1) is 0 Å². The van der Waals surface area contributed by atoms with Crippen molar-refractivity contribution in [1.29, 1.82) is 0 Å². The number of carbonyl (C=O) groups is 1. The number of carbonyl (C=O) groups excluding carboxylic acids is 1. The Hall–Kier alpha value is -1.25. The SMILES string of the molecule is CCN(CC)C(=O)NC1=CCCC=C1. The maximum absolute atomic E-state index is 11.6. The van der Waals surface area contributed by atoms with E-state index in [1.165, 1.54) is 0 Å². The van der Waals surface area contributed by atoms with E-state index >= 15 is 0 Å². The van der Waals surface area contributed by atoms with Gasteiger partial charge in [-0.3, -0.25) is 0 Å². The predicted molar refractivity (Wildman–Crippen MR) is 57.9 cm³/mol. The number of amides is 2. The van der Waals surface area contributed by atoms with Crippen molar-refractivity contribution in [1.82, 2.24) is 10.2 Å². The van der Waals surface area contributed by atoms with Crippen molar-refractivity contribution >= 4 is 6.03 Å². The lowest BCUT2D eigenvalue weighted by Gasteiger charge is -2.20. The molecule has 3 nitrogen and oxygen atoms in total. The second-order valence-corrected chi connectivity index (χ2v) is 3.24. The van der Waals surface area contributed by atoms with Gasteiger partial charge in [-0.05, 0) is 32.8 Å². The van der Waals surface area contributed by atoms with Gasteiger partial charge in [0.1, 0.15) is 0 Å². The fourth-order valence-corrected chi connectivity index (χ4v) is 1.42. The summed E-state index contributed by atoms with van der Waals surface area (Å²) in [5.41, 5.74) is 0.924. The Morgan fingerprint density at radius 3 is 2.64 bits per heavy atom. The Kier molecular flexibility index (Phi) is 4.23. The molecule has 0 aromatic rings. The lowest BCUT2D eigenvalue weighted by molar-refractivity contribution is 0.206. The van der Waals surface area contributed by atoms with Crippen LogP contribution < -0.4 is 5.32 Å². The molecule has 0 aromatic heterocycles. The van der Waals surface area contributed by atoms with E-state index in [1.807, 2.05) is 19.9 Å². The zero-order valence-electron chi connectivity index (χ0n) is 8.92. The maximum Gasteiger partial charge on any atom is 0.321 e. The molecule has 1 rings (SSSR count). The van der Waals surface area contributed by atoms with E-state index in [9.17, 15) is 4.79 Å². The summed E-state index contributed by atoms with van der Waals surface area (Å²) in [5.74, 6) is 0. The summed E-state index contributed by atoms with van der Waals surface area (Å²) < 4.78 is 0. The number of rotatable bonds is 3. The second-order valence-electron chi connectivity index (χ2n) is 3.24. The molecule has 1 N–H and O–H groups in total. The molecule has 0 heterocycles. The first kappa shape index (κ1) is 10.8. The second kappa shape index (κ2) is 5.47. The van der Waals surface area contributed by atoms with Crippen LogP contribution in [-0.4, -0.2) is 24.0 Å². The maximum atomic E-state index is 11.6. The summed E-state index contributed by atoms with van der Waals surface area (Å²) in [6.45, 7) is 5.46. The topological polar surface area (TPSA) is 32.3 Å². The summed E-state index contributed by atoms with van der Waals surface area (Å²) in [6.07, 6.45) is 8.19. The Balaban J connectivity index is 2.47. The van der Waals surface area contributed by atoms with Gasteiger partial charge in [-0.25, -0.2) is 4.79 Å². The van der Waals surface area contributed by atoms with Crippen molar-refractivity contribution in [2.45, 2.75) is 26.7 Å². The van der Waals surface area contributed by atoms with E-state index in [1.54, 1.807) is 4.90 Å². The number of allylic oxidation sites excluding steroid dienone is 3. The lowest BCUT2D eigenvalue weighted by atomic mass is 10.1. The summed E-state index contributed by atoms with van der Waals surface area (Å²) in [7, 11) is 0. The fourth-order valence-electron chi connectivity index (χ4n) is 1.42. The van der Waals surface area contributed by atoms with Crippen LogP contribution in [0.5, 0.6) is 0 Å². The monoisotopic (exact) mass is 194 g/mol. The molecule has 0 aromatic carbocycles. The average Bonchev–Trinajstić information content (AvgIpc) is 2.21. The molecular weight excluding hydrogens is 176 g/mol.